The molecule has 3 rings (SSSR count). The molecule has 1 heterocycles. The average Bonchev–Trinajstić information content (AvgIpc) is 2.44. The van der Waals surface area contributed by atoms with Crippen molar-refractivity contribution in [3.05, 3.63) is 35.9 Å². The Kier molecular flexibility index (Phi) is 3.40. The number of hydrogen-bond donors (Lipinski definition) is 1. The zero-order chi connectivity index (χ0) is 12.4. The lowest BCUT2D eigenvalue weighted by molar-refractivity contribution is -0.0504. The van der Waals surface area contributed by atoms with Crippen LogP contribution in [-0.4, -0.2) is 18.7 Å². The van der Waals surface area contributed by atoms with Gasteiger partial charge in [0.2, 0.25) is 0 Å². The molecular formula is C16H23NO. The van der Waals surface area contributed by atoms with E-state index in [4.69, 9.17) is 4.74 Å². The highest BCUT2D eigenvalue weighted by atomic mass is 16.5. The monoisotopic (exact) mass is 245 g/mol. The van der Waals surface area contributed by atoms with Crippen molar-refractivity contribution in [2.75, 3.05) is 13.2 Å². The van der Waals surface area contributed by atoms with E-state index in [-0.39, 0.29) is 11.6 Å². The van der Waals surface area contributed by atoms with Crippen LogP contribution in [-0.2, 0) is 4.74 Å². The van der Waals surface area contributed by atoms with E-state index in [0.29, 0.717) is 0 Å². The quantitative estimate of drug-likeness (QED) is 0.819. The molecule has 0 aromatic heterocycles. The van der Waals surface area contributed by atoms with Crippen molar-refractivity contribution in [2.45, 2.75) is 44.2 Å². The lowest BCUT2D eigenvalue weighted by Crippen LogP contribution is -2.56. The van der Waals surface area contributed by atoms with Crippen molar-refractivity contribution < 1.29 is 4.74 Å². The normalized spacial score (nSPS) is 36.7. The first-order valence-corrected chi connectivity index (χ1v) is 7.19. The van der Waals surface area contributed by atoms with E-state index in [1.165, 1.54) is 31.2 Å². The number of hydrogen-bond acceptors (Lipinski definition) is 2. The van der Waals surface area contributed by atoms with Crippen molar-refractivity contribution in [1.29, 1.82) is 0 Å². The summed E-state index contributed by atoms with van der Waals surface area (Å²) in [4.78, 5) is 0. The number of nitrogens with one attached hydrogen (secondary N) is 1. The zero-order valence-electron chi connectivity index (χ0n) is 11.2. The second-order valence-electron chi connectivity index (χ2n) is 6.05. The molecular weight excluding hydrogens is 222 g/mol. The molecule has 1 aliphatic carbocycles. The standard InChI is InChI=1S/C16H23NO/c1-13-7-9-16(10-8-13)12-18-15(11-17-16)14-5-3-2-4-6-14/h2-6,13,15,17H,7-12H2,1H3. The summed E-state index contributed by atoms with van der Waals surface area (Å²) in [6, 6.07) is 10.6. The summed E-state index contributed by atoms with van der Waals surface area (Å²) in [5.74, 6) is 0.893. The van der Waals surface area contributed by atoms with Gasteiger partial charge in [-0.2, -0.15) is 0 Å². The molecule has 2 heteroatoms. The van der Waals surface area contributed by atoms with E-state index in [1.54, 1.807) is 0 Å². The van der Waals surface area contributed by atoms with E-state index in [0.717, 1.165) is 19.1 Å². The van der Waals surface area contributed by atoms with Crippen LogP contribution in [0.3, 0.4) is 0 Å². The fourth-order valence-electron chi connectivity index (χ4n) is 3.20. The lowest BCUT2D eigenvalue weighted by Gasteiger charge is -2.45. The third-order valence-electron chi connectivity index (χ3n) is 4.63. The number of morpholine rings is 1. The van der Waals surface area contributed by atoms with Crippen LogP contribution in [0.4, 0.5) is 0 Å². The van der Waals surface area contributed by atoms with E-state index in [2.05, 4.69) is 42.6 Å². The van der Waals surface area contributed by atoms with Crippen LogP contribution in [0.5, 0.6) is 0 Å². The third-order valence-corrected chi connectivity index (χ3v) is 4.63. The Hall–Kier alpha value is -0.860. The van der Waals surface area contributed by atoms with Gasteiger partial charge in [-0.1, -0.05) is 37.3 Å². The van der Waals surface area contributed by atoms with Crippen LogP contribution in [0.15, 0.2) is 30.3 Å². The van der Waals surface area contributed by atoms with Crippen molar-refractivity contribution in [2.24, 2.45) is 5.92 Å². The minimum Gasteiger partial charge on any atom is -0.370 e. The smallest absolute Gasteiger partial charge is 0.0950 e. The highest BCUT2D eigenvalue weighted by Crippen LogP contribution is 2.36. The van der Waals surface area contributed by atoms with E-state index in [1.807, 2.05) is 0 Å². The maximum absolute atomic E-state index is 6.13. The van der Waals surface area contributed by atoms with Gasteiger partial charge in [-0.3, -0.25) is 0 Å². The molecule has 1 atom stereocenters. The predicted molar refractivity (Wildman–Crippen MR) is 73.5 cm³/mol. The molecule has 1 saturated heterocycles. The lowest BCUT2D eigenvalue weighted by atomic mass is 9.77. The third kappa shape index (κ3) is 2.45. The molecule has 1 spiro atoms. The number of ether oxygens (including phenoxy) is 1. The molecule has 1 N–H and O–H groups in total. The minimum absolute atomic E-state index is 0.233. The Labute approximate surface area is 110 Å². The van der Waals surface area contributed by atoms with E-state index >= 15 is 0 Å². The first kappa shape index (κ1) is 12.2. The summed E-state index contributed by atoms with van der Waals surface area (Å²) in [5.41, 5.74) is 1.57. The van der Waals surface area contributed by atoms with Gasteiger partial charge >= 0.3 is 0 Å². The molecule has 98 valence electrons. The van der Waals surface area contributed by atoms with Crippen LogP contribution < -0.4 is 5.32 Å². The molecule has 1 unspecified atom stereocenters. The Morgan fingerprint density at radius 3 is 2.50 bits per heavy atom. The summed E-state index contributed by atoms with van der Waals surface area (Å²) in [7, 11) is 0. The Morgan fingerprint density at radius 2 is 1.89 bits per heavy atom. The molecule has 1 aliphatic heterocycles. The molecule has 1 saturated carbocycles. The summed E-state index contributed by atoms with van der Waals surface area (Å²) in [6.45, 7) is 4.20. The minimum atomic E-state index is 0.233. The summed E-state index contributed by atoms with van der Waals surface area (Å²) < 4.78 is 6.13. The number of rotatable bonds is 1. The largest absolute Gasteiger partial charge is 0.370 e. The highest BCUT2D eigenvalue weighted by molar-refractivity contribution is 5.19. The molecule has 18 heavy (non-hydrogen) atoms. The van der Waals surface area contributed by atoms with Gasteiger partial charge in [0.15, 0.2) is 0 Å². The zero-order valence-corrected chi connectivity index (χ0v) is 11.2. The molecule has 1 aromatic carbocycles. The van der Waals surface area contributed by atoms with Gasteiger partial charge < -0.3 is 10.1 Å². The van der Waals surface area contributed by atoms with Crippen molar-refractivity contribution >= 4 is 0 Å². The average molecular weight is 245 g/mol. The van der Waals surface area contributed by atoms with Crippen LogP contribution in [0.1, 0.15) is 44.3 Å². The SMILES string of the molecule is CC1CCC2(CC1)COC(c1ccccc1)CN2. The molecule has 0 amide bonds. The fraction of sp³-hybridized carbons (Fsp3) is 0.625. The van der Waals surface area contributed by atoms with Gasteiger partial charge in [0, 0.05) is 12.1 Å². The second-order valence-corrected chi connectivity index (χ2v) is 6.05. The molecule has 0 radical (unpaired) electrons. The molecule has 1 aromatic rings. The van der Waals surface area contributed by atoms with Gasteiger partial charge in [0.1, 0.15) is 0 Å². The van der Waals surface area contributed by atoms with E-state index < -0.39 is 0 Å². The molecule has 0 bridgehead atoms. The first-order chi connectivity index (χ1) is 8.77. The van der Waals surface area contributed by atoms with Crippen molar-refractivity contribution in [1.82, 2.24) is 5.32 Å². The maximum atomic E-state index is 6.13. The highest BCUT2D eigenvalue weighted by Gasteiger charge is 2.38. The first-order valence-electron chi connectivity index (χ1n) is 7.19. The second kappa shape index (κ2) is 5.02. The number of benzene rings is 1. The van der Waals surface area contributed by atoms with Gasteiger partial charge in [-0.05, 0) is 37.2 Å². The maximum Gasteiger partial charge on any atom is 0.0950 e. The predicted octanol–water partition coefficient (Wildman–Crippen LogP) is 3.30. The van der Waals surface area contributed by atoms with Gasteiger partial charge in [-0.15, -0.1) is 0 Å². The van der Waals surface area contributed by atoms with Gasteiger partial charge in [0.25, 0.3) is 0 Å². The molecule has 2 aliphatic rings. The Balaban J connectivity index is 1.61. The molecule has 2 fully saturated rings. The van der Waals surface area contributed by atoms with Crippen LogP contribution >= 0.6 is 0 Å². The van der Waals surface area contributed by atoms with E-state index in [9.17, 15) is 0 Å². The van der Waals surface area contributed by atoms with Crippen LogP contribution in [0, 0.1) is 5.92 Å². The molecule has 2 nitrogen and oxygen atoms in total. The Bertz CT molecular complexity index is 371. The van der Waals surface area contributed by atoms with Crippen molar-refractivity contribution in [3.8, 4) is 0 Å². The topological polar surface area (TPSA) is 21.3 Å². The van der Waals surface area contributed by atoms with Crippen molar-refractivity contribution in [3.63, 3.8) is 0 Å². The fourth-order valence-corrected chi connectivity index (χ4v) is 3.20. The summed E-state index contributed by atoms with van der Waals surface area (Å²) in [6.07, 6.45) is 5.46. The summed E-state index contributed by atoms with van der Waals surface area (Å²) in [5, 5.41) is 3.78. The van der Waals surface area contributed by atoms with Gasteiger partial charge in [0.05, 0.1) is 12.7 Å². The van der Waals surface area contributed by atoms with Crippen LogP contribution in [0.25, 0.3) is 0 Å². The summed E-state index contributed by atoms with van der Waals surface area (Å²) >= 11 is 0. The van der Waals surface area contributed by atoms with Gasteiger partial charge in [-0.25, -0.2) is 0 Å². The van der Waals surface area contributed by atoms with Crippen LogP contribution in [0.2, 0.25) is 0 Å². The Morgan fingerprint density at radius 1 is 1.17 bits per heavy atom.